The molecule has 0 spiro atoms. The van der Waals surface area contributed by atoms with Gasteiger partial charge in [-0.3, -0.25) is 9.59 Å². The molecule has 1 atom stereocenters. The lowest BCUT2D eigenvalue weighted by atomic mass is 10.1. The van der Waals surface area contributed by atoms with Crippen LogP contribution in [0.15, 0.2) is 59.4 Å². The van der Waals surface area contributed by atoms with E-state index in [4.69, 9.17) is 0 Å². The van der Waals surface area contributed by atoms with Crippen molar-refractivity contribution in [1.82, 2.24) is 15.1 Å². The minimum absolute atomic E-state index is 0.00509. The number of hydrogen-bond donors (Lipinski definition) is 1. The van der Waals surface area contributed by atoms with Gasteiger partial charge in [0.1, 0.15) is 0 Å². The molecule has 25 heavy (non-hydrogen) atoms. The molecule has 0 saturated carbocycles. The summed E-state index contributed by atoms with van der Waals surface area (Å²) in [6.07, 6.45) is 1.73. The van der Waals surface area contributed by atoms with Gasteiger partial charge < -0.3 is 5.32 Å². The Kier molecular flexibility index (Phi) is 4.93. The Balaban J connectivity index is 1.76. The van der Waals surface area contributed by atoms with E-state index in [2.05, 4.69) is 22.5 Å². The second-order valence-corrected chi connectivity index (χ2v) is 6.22. The van der Waals surface area contributed by atoms with Crippen LogP contribution < -0.4 is 10.9 Å². The van der Waals surface area contributed by atoms with Crippen molar-refractivity contribution < 1.29 is 4.79 Å². The zero-order valence-corrected chi connectivity index (χ0v) is 14.4. The molecular weight excluding hydrogens is 314 g/mol. The zero-order valence-electron chi connectivity index (χ0n) is 14.4. The van der Waals surface area contributed by atoms with E-state index in [1.165, 1.54) is 10.2 Å². The van der Waals surface area contributed by atoms with Crippen LogP contribution >= 0.6 is 0 Å². The van der Waals surface area contributed by atoms with Crippen LogP contribution in [0.1, 0.15) is 29.4 Å². The molecule has 1 N–H and O–H groups in total. The first-order valence-electron chi connectivity index (χ1n) is 8.37. The fourth-order valence-electron chi connectivity index (χ4n) is 2.86. The summed E-state index contributed by atoms with van der Waals surface area (Å²) in [6, 6.07) is 17.2. The Morgan fingerprint density at radius 1 is 1.08 bits per heavy atom. The highest BCUT2D eigenvalue weighted by atomic mass is 16.2. The van der Waals surface area contributed by atoms with Crippen molar-refractivity contribution in [2.24, 2.45) is 7.05 Å². The lowest BCUT2D eigenvalue weighted by Crippen LogP contribution is -2.35. The Hall–Kier alpha value is -2.95. The smallest absolute Gasteiger partial charge is 0.274 e. The molecule has 1 unspecified atom stereocenters. The maximum Gasteiger partial charge on any atom is 0.274 e. The van der Waals surface area contributed by atoms with Gasteiger partial charge in [-0.05, 0) is 31.4 Å². The molecule has 2 aromatic carbocycles. The van der Waals surface area contributed by atoms with Crippen molar-refractivity contribution >= 4 is 16.7 Å². The highest BCUT2D eigenvalue weighted by Crippen LogP contribution is 2.13. The number of nitrogens with one attached hydrogen (secondary N) is 1. The molecule has 0 aliphatic carbocycles. The molecule has 0 radical (unpaired) electrons. The summed E-state index contributed by atoms with van der Waals surface area (Å²) in [7, 11) is 1.56. The number of carbonyl (C=O) groups is 1. The van der Waals surface area contributed by atoms with Gasteiger partial charge in [-0.2, -0.15) is 5.10 Å². The molecule has 1 aromatic heterocycles. The molecule has 0 bridgehead atoms. The molecule has 5 nitrogen and oxygen atoms in total. The van der Waals surface area contributed by atoms with Gasteiger partial charge in [0, 0.05) is 18.5 Å². The maximum absolute atomic E-state index is 12.7. The third-order valence-electron chi connectivity index (χ3n) is 4.26. The first-order chi connectivity index (χ1) is 12.1. The quantitative estimate of drug-likeness (QED) is 0.780. The van der Waals surface area contributed by atoms with E-state index in [1.54, 1.807) is 31.3 Å². The molecule has 1 amide bonds. The maximum atomic E-state index is 12.7. The van der Waals surface area contributed by atoms with E-state index in [1.807, 2.05) is 25.1 Å². The van der Waals surface area contributed by atoms with Crippen LogP contribution in [0.3, 0.4) is 0 Å². The second kappa shape index (κ2) is 7.30. The lowest BCUT2D eigenvalue weighted by molar-refractivity contribution is 0.0933. The Labute approximate surface area is 146 Å². The lowest BCUT2D eigenvalue weighted by Gasteiger charge is -2.15. The number of amides is 1. The number of aryl methyl sites for hydroxylation is 2. The van der Waals surface area contributed by atoms with Crippen LogP contribution in [0.5, 0.6) is 0 Å². The summed E-state index contributed by atoms with van der Waals surface area (Å²) < 4.78 is 1.21. The van der Waals surface area contributed by atoms with E-state index >= 15 is 0 Å². The third-order valence-corrected chi connectivity index (χ3v) is 4.26. The van der Waals surface area contributed by atoms with Crippen LogP contribution in [0, 0.1) is 0 Å². The average molecular weight is 335 g/mol. The second-order valence-electron chi connectivity index (χ2n) is 6.22. The van der Waals surface area contributed by atoms with Crippen molar-refractivity contribution in [3.63, 3.8) is 0 Å². The molecule has 0 aliphatic rings. The van der Waals surface area contributed by atoms with Crippen LogP contribution in [-0.2, 0) is 13.5 Å². The summed E-state index contributed by atoms with van der Waals surface area (Å²) in [5.41, 5.74) is 1.32. The predicted molar refractivity (Wildman–Crippen MR) is 98.7 cm³/mol. The van der Waals surface area contributed by atoms with Gasteiger partial charge in [0.2, 0.25) is 0 Å². The van der Waals surface area contributed by atoms with Gasteiger partial charge in [-0.1, -0.05) is 48.5 Å². The normalized spacial score (nSPS) is 12.1. The first-order valence-corrected chi connectivity index (χ1v) is 8.37. The summed E-state index contributed by atoms with van der Waals surface area (Å²) in [4.78, 5) is 24.8. The molecule has 0 aliphatic heterocycles. The van der Waals surface area contributed by atoms with Gasteiger partial charge >= 0.3 is 0 Å². The molecule has 3 rings (SSSR count). The van der Waals surface area contributed by atoms with E-state index in [9.17, 15) is 9.59 Å². The van der Waals surface area contributed by atoms with Crippen molar-refractivity contribution in [1.29, 1.82) is 0 Å². The highest BCUT2D eigenvalue weighted by Gasteiger charge is 2.17. The fourth-order valence-corrected chi connectivity index (χ4v) is 2.86. The molecule has 3 aromatic rings. The van der Waals surface area contributed by atoms with Crippen molar-refractivity contribution in [3.8, 4) is 0 Å². The van der Waals surface area contributed by atoms with Crippen LogP contribution in [0.4, 0.5) is 0 Å². The van der Waals surface area contributed by atoms with Crippen LogP contribution in [0.25, 0.3) is 10.8 Å². The SMILES string of the molecule is CC(CCc1ccccc1)NC(=O)c1nn(C)c(=O)c2ccccc12. The van der Waals surface area contributed by atoms with Crippen molar-refractivity contribution in [2.75, 3.05) is 0 Å². The molecule has 0 fully saturated rings. The van der Waals surface area contributed by atoms with Gasteiger partial charge in [0.05, 0.1) is 5.39 Å². The molecule has 128 valence electrons. The molecule has 5 heteroatoms. The number of nitrogens with zero attached hydrogens (tertiary/aromatic N) is 2. The summed E-state index contributed by atoms with van der Waals surface area (Å²) in [5, 5.41) is 8.24. The molecule has 1 heterocycles. The highest BCUT2D eigenvalue weighted by molar-refractivity contribution is 6.04. The molecular formula is C20H21N3O2. The average Bonchev–Trinajstić information content (AvgIpc) is 2.64. The zero-order chi connectivity index (χ0) is 17.8. The number of benzene rings is 2. The van der Waals surface area contributed by atoms with E-state index < -0.39 is 0 Å². The van der Waals surface area contributed by atoms with Crippen molar-refractivity contribution in [2.45, 2.75) is 25.8 Å². The van der Waals surface area contributed by atoms with Gasteiger partial charge in [0.25, 0.3) is 11.5 Å². The number of carbonyl (C=O) groups excluding carboxylic acids is 1. The topological polar surface area (TPSA) is 64.0 Å². The van der Waals surface area contributed by atoms with Gasteiger partial charge in [0.15, 0.2) is 5.69 Å². The largest absolute Gasteiger partial charge is 0.348 e. The minimum Gasteiger partial charge on any atom is -0.348 e. The minimum atomic E-state index is -0.257. The van der Waals surface area contributed by atoms with Crippen molar-refractivity contribution in [3.05, 3.63) is 76.2 Å². The summed E-state index contributed by atoms with van der Waals surface area (Å²) >= 11 is 0. The summed E-state index contributed by atoms with van der Waals surface area (Å²) in [6.45, 7) is 1.98. The van der Waals surface area contributed by atoms with Crippen LogP contribution in [-0.4, -0.2) is 21.7 Å². The summed E-state index contributed by atoms with van der Waals surface area (Å²) in [5.74, 6) is -0.257. The molecule has 0 saturated heterocycles. The van der Waals surface area contributed by atoms with Gasteiger partial charge in [-0.25, -0.2) is 4.68 Å². The van der Waals surface area contributed by atoms with Crippen LogP contribution in [0.2, 0.25) is 0 Å². The first kappa shape index (κ1) is 16.9. The fraction of sp³-hybridized carbons (Fsp3) is 0.250. The van der Waals surface area contributed by atoms with E-state index in [-0.39, 0.29) is 23.2 Å². The third kappa shape index (κ3) is 3.76. The van der Waals surface area contributed by atoms with E-state index in [0.29, 0.717) is 10.8 Å². The standard InChI is InChI=1S/C20H21N3O2/c1-14(12-13-15-8-4-3-5-9-15)21-19(24)18-16-10-6-7-11-17(16)20(25)23(2)22-18/h3-11,14H,12-13H2,1-2H3,(H,21,24). The predicted octanol–water partition coefficient (Wildman–Crippen LogP) is 2.68. The van der Waals surface area contributed by atoms with E-state index in [0.717, 1.165) is 12.8 Å². The Bertz CT molecular complexity index is 948. The number of rotatable bonds is 5. The monoisotopic (exact) mass is 335 g/mol. The van der Waals surface area contributed by atoms with Gasteiger partial charge in [-0.15, -0.1) is 0 Å². The Morgan fingerprint density at radius 3 is 2.44 bits per heavy atom. The number of hydrogen-bond acceptors (Lipinski definition) is 3. The Morgan fingerprint density at radius 2 is 1.72 bits per heavy atom. The number of aromatic nitrogens is 2. The number of fused-ring (bicyclic) bond motifs is 1.